The van der Waals surface area contributed by atoms with Gasteiger partial charge in [-0.25, -0.2) is 8.42 Å². The lowest BCUT2D eigenvalue weighted by Gasteiger charge is -2.41. The summed E-state index contributed by atoms with van der Waals surface area (Å²) in [4.78, 5) is 4.73. The fourth-order valence-corrected chi connectivity index (χ4v) is 3.68. The molecule has 0 spiro atoms. The van der Waals surface area contributed by atoms with Crippen LogP contribution in [-0.4, -0.2) is 45.5 Å². The van der Waals surface area contributed by atoms with Crippen LogP contribution in [0, 0.1) is 0 Å². The number of aliphatic imine (C=N–C) groups is 1. The minimum atomic E-state index is -2.96. The lowest BCUT2D eigenvalue weighted by molar-refractivity contribution is 0.253. The molecule has 1 aromatic carbocycles. The minimum absolute atomic E-state index is 0.137. The smallest absolute Gasteiger partial charge is 0.191 e. The van der Waals surface area contributed by atoms with E-state index < -0.39 is 9.84 Å². The molecule has 0 bridgehead atoms. The van der Waals surface area contributed by atoms with Gasteiger partial charge in [-0.2, -0.15) is 0 Å². The predicted molar refractivity (Wildman–Crippen MR) is 100 cm³/mol. The van der Waals surface area contributed by atoms with Crippen LogP contribution in [0.4, 0.5) is 0 Å². The van der Waals surface area contributed by atoms with Crippen LogP contribution in [0.15, 0.2) is 35.3 Å². The van der Waals surface area contributed by atoms with E-state index >= 15 is 0 Å². The zero-order valence-corrected chi connectivity index (χ0v) is 15.5. The SMILES string of the molecule is CCNC(=NCC1(c2ccccc2)CCC1)NCCS(=O)(=O)CC. The Balaban J connectivity index is 1.99. The highest BCUT2D eigenvalue weighted by atomic mass is 32.2. The van der Waals surface area contributed by atoms with Gasteiger partial charge in [0, 0.05) is 24.3 Å². The van der Waals surface area contributed by atoms with E-state index in [4.69, 9.17) is 4.99 Å². The van der Waals surface area contributed by atoms with Crippen LogP contribution in [0.5, 0.6) is 0 Å². The summed E-state index contributed by atoms with van der Waals surface area (Å²) in [5.41, 5.74) is 1.49. The second-order valence-electron chi connectivity index (χ2n) is 6.36. The normalized spacial score (nSPS) is 17.2. The molecule has 0 heterocycles. The molecule has 0 aromatic heterocycles. The number of hydrogen-bond donors (Lipinski definition) is 2. The van der Waals surface area contributed by atoms with E-state index in [0.29, 0.717) is 12.5 Å². The Labute approximate surface area is 145 Å². The summed E-state index contributed by atoms with van der Waals surface area (Å²) >= 11 is 0. The lowest BCUT2D eigenvalue weighted by atomic mass is 9.64. The van der Waals surface area contributed by atoms with E-state index in [0.717, 1.165) is 25.9 Å². The number of nitrogens with one attached hydrogen (secondary N) is 2. The van der Waals surface area contributed by atoms with Crippen molar-refractivity contribution in [3.8, 4) is 0 Å². The highest BCUT2D eigenvalue weighted by molar-refractivity contribution is 7.91. The molecular formula is C18H29N3O2S. The highest BCUT2D eigenvalue weighted by Crippen LogP contribution is 2.43. The largest absolute Gasteiger partial charge is 0.357 e. The molecule has 0 aliphatic heterocycles. The van der Waals surface area contributed by atoms with Gasteiger partial charge in [0.15, 0.2) is 15.8 Å². The lowest BCUT2D eigenvalue weighted by Crippen LogP contribution is -2.43. The molecule has 1 fully saturated rings. The van der Waals surface area contributed by atoms with E-state index in [9.17, 15) is 8.42 Å². The van der Waals surface area contributed by atoms with Gasteiger partial charge in [0.25, 0.3) is 0 Å². The number of hydrogen-bond acceptors (Lipinski definition) is 3. The first-order valence-corrected chi connectivity index (χ1v) is 10.6. The summed E-state index contributed by atoms with van der Waals surface area (Å²) in [5.74, 6) is 1.02. The Morgan fingerprint density at radius 2 is 1.88 bits per heavy atom. The standard InChI is InChI=1S/C18H29N3O2S/c1-3-19-17(20-13-14-24(22,23)4-2)21-15-18(11-8-12-18)16-9-6-5-7-10-16/h5-7,9-10H,3-4,8,11-15H2,1-2H3,(H2,19,20,21). The Hall–Kier alpha value is -1.56. The molecule has 0 atom stereocenters. The van der Waals surface area contributed by atoms with Crippen LogP contribution in [0.2, 0.25) is 0 Å². The van der Waals surface area contributed by atoms with Crippen LogP contribution in [-0.2, 0) is 15.3 Å². The molecule has 1 aromatic rings. The fourth-order valence-electron chi connectivity index (χ4n) is 2.97. The zero-order chi connectivity index (χ0) is 17.5. The maximum absolute atomic E-state index is 11.6. The number of benzene rings is 1. The van der Waals surface area contributed by atoms with Crippen molar-refractivity contribution in [1.82, 2.24) is 10.6 Å². The van der Waals surface area contributed by atoms with E-state index in [1.165, 1.54) is 12.0 Å². The molecule has 1 aliphatic rings. The summed E-state index contributed by atoms with van der Waals surface area (Å²) < 4.78 is 23.2. The van der Waals surface area contributed by atoms with Crippen molar-refractivity contribution in [2.45, 2.75) is 38.5 Å². The molecule has 1 saturated carbocycles. The van der Waals surface area contributed by atoms with Crippen LogP contribution in [0.1, 0.15) is 38.7 Å². The van der Waals surface area contributed by atoms with E-state index in [2.05, 4.69) is 34.9 Å². The molecule has 0 amide bonds. The molecule has 6 heteroatoms. The molecule has 2 N–H and O–H groups in total. The summed E-state index contributed by atoms with van der Waals surface area (Å²) in [7, 11) is -2.96. The maximum Gasteiger partial charge on any atom is 0.191 e. The van der Waals surface area contributed by atoms with E-state index in [1.807, 2.05) is 13.0 Å². The Morgan fingerprint density at radius 1 is 1.17 bits per heavy atom. The number of guanidine groups is 1. The summed E-state index contributed by atoms with van der Waals surface area (Å²) in [6.45, 7) is 5.56. The molecule has 134 valence electrons. The predicted octanol–water partition coefficient (Wildman–Crippen LogP) is 2.10. The van der Waals surface area contributed by atoms with Crippen molar-refractivity contribution >= 4 is 15.8 Å². The first kappa shape index (κ1) is 18.8. The summed E-state index contributed by atoms with van der Waals surface area (Å²) in [6, 6.07) is 10.6. The average Bonchev–Trinajstić information content (AvgIpc) is 2.54. The van der Waals surface area contributed by atoms with Crippen molar-refractivity contribution in [3.63, 3.8) is 0 Å². The number of nitrogens with zero attached hydrogens (tertiary/aromatic N) is 1. The first-order valence-electron chi connectivity index (χ1n) is 8.79. The molecule has 5 nitrogen and oxygen atoms in total. The van der Waals surface area contributed by atoms with Crippen LogP contribution in [0.25, 0.3) is 0 Å². The quantitative estimate of drug-likeness (QED) is 0.556. The topological polar surface area (TPSA) is 70.6 Å². The molecule has 24 heavy (non-hydrogen) atoms. The highest BCUT2D eigenvalue weighted by Gasteiger charge is 2.38. The number of sulfone groups is 1. The van der Waals surface area contributed by atoms with Crippen molar-refractivity contribution in [1.29, 1.82) is 0 Å². The molecule has 0 unspecified atom stereocenters. The van der Waals surface area contributed by atoms with Crippen LogP contribution in [0.3, 0.4) is 0 Å². The van der Waals surface area contributed by atoms with Gasteiger partial charge in [-0.3, -0.25) is 4.99 Å². The van der Waals surface area contributed by atoms with E-state index in [-0.39, 0.29) is 16.9 Å². The Kier molecular flexibility index (Phi) is 6.66. The zero-order valence-electron chi connectivity index (χ0n) is 14.7. The van der Waals surface area contributed by atoms with Crippen molar-refractivity contribution in [2.24, 2.45) is 4.99 Å². The molecule has 2 rings (SSSR count). The molecule has 0 radical (unpaired) electrons. The summed E-state index contributed by atoms with van der Waals surface area (Å²) in [5, 5.41) is 6.35. The molecule has 1 aliphatic carbocycles. The maximum atomic E-state index is 11.6. The van der Waals surface area contributed by atoms with Crippen LogP contribution < -0.4 is 10.6 Å². The second kappa shape index (κ2) is 8.51. The third-order valence-electron chi connectivity index (χ3n) is 4.73. The monoisotopic (exact) mass is 351 g/mol. The Morgan fingerprint density at radius 3 is 2.42 bits per heavy atom. The average molecular weight is 352 g/mol. The van der Waals surface area contributed by atoms with Crippen molar-refractivity contribution < 1.29 is 8.42 Å². The van der Waals surface area contributed by atoms with Gasteiger partial charge in [0.2, 0.25) is 0 Å². The molecular weight excluding hydrogens is 322 g/mol. The third kappa shape index (κ3) is 4.97. The van der Waals surface area contributed by atoms with Gasteiger partial charge in [-0.05, 0) is 25.3 Å². The third-order valence-corrected chi connectivity index (χ3v) is 6.43. The minimum Gasteiger partial charge on any atom is -0.357 e. The van der Waals surface area contributed by atoms with Crippen molar-refractivity contribution in [2.75, 3.05) is 31.1 Å². The van der Waals surface area contributed by atoms with E-state index in [1.54, 1.807) is 6.92 Å². The Bertz CT molecular complexity index is 637. The second-order valence-corrected chi connectivity index (χ2v) is 8.83. The fraction of sp³-hybridized carbons (Fsp3) is 0.611. The van der Waals surface area contributed by atoms with Gasteiger partial charge >= 0.3 is 0 Å². The van der Waals surface area contributed by atoms with Gasteiger partial charge in [0.05, 0.1) is 12.3 Å². The van der Waals surface area contributed by atoms with Crippen LogP contribution >= 0.6 is 0 Å². The van der Waals surface area contributed by atoms with Gasteiger partial charge in [0.1, 0.15) is 0 Å². The van der Waals surface area contributed by atoms with Gasteiger partial charge in [-0.1, -0.05) is 43.7 Å². The van der Waals surface area contributed by atoms with Gasteiger partial charge < -0.3 is 10.6 Å². The molecule has 0 saturated heterocycles. The first-order chi connectivity index (χ1) is 11.5. The summed E-state index contributed by atoms with van der Waals surface area (Å²) in [6.07, 6.45) is 3.55. The number of rotatable bonds is 8. The van der Waals surface area contributed by atoms with Crippen molar-refractivity contribution in [3.05, 3.63) is 35.9 Å². The van der Waals surface area contributed by atoms with Gasteiger partial charge in [-0.15, -0.1) is 0 Å².